The summed E-state index contributed by atoms with van der Waals surface area (Å²) in [6.07, 6.45) is 1.18. The summed E-state index contributed by atoms with van der Waals surface area (Å²) in [5, 5.41) is 12.0. The quantitative estimate of drug-likeness (QED) is 0.941. The van der Waals surface area contributed by atoms with Crippen LogP contribution in [0.3, 0.4) is 0 Å². The molecule has 0 unspecified atom stereocenters. The second-order valence-electron chi connectivity index (χ2n) is 4.56. The lowest BCUT2D eigenvalue weighted by Gasteiger charge is -2.08. The van der Waals surface area contributed by atoms with E-state index in [9.17, 15) is 8.42 Å². The first-order valence-electron chi connectivity index (χ1n) is 5.98. The molecular weight excluding hydrogens is 272 g/mol. The second-order valence-corrected chi connectivity index (χ2v) is 6.58. The zero-order valence-electron chi connectivity index (χ0n) is 11.2. The highest BCUT2D eigenvalue weighted by Gasteiger charge is 2.06. The molecule has 2 aromatic carbocycles. The van der Waals surface area contributed by atoms with Crippen molar-refractivity contribution < 1.29 is 8.42 Å². The third-order valence-corrected chi connectivity index (χ3v) is 4.05. The molecule has 0 aliphatic heterocycles. The van der Waals surface area contributed by atoms with E-state index in [0.29, 0.717) is 10.5 Å². The van der Waals surface area contributed by atoms with Crippen molar-refractivity contribution in [3.05, 3.63) is 53.6 Å². The first kappa shape index (κ1) is 14.1. The molecule has 4 nitrogen and oxygen atoms in total. The standard InChI is InChI=1S/C15H14N2O2S/c1-11-9-14(4-3-12(11)10-16)17-13-5-7-15(8-6-13)20(2,18)19/h3-9,17H,1-2H3. The molecule has 0 bridgehead atoms. The van der Waals surface area contributed by atoms with Gasteiger partial charge in [-0.05, 0) is 55.0 Å². The van der Waals surface area contributed by atoms with Gasteiger partial charge in [0.2, 0.25) is 0 Å². The summed E-state index contributed by atoms with van der Waals surface area (Å²) in [6, 6.07) is 14.1. The van der Waals surface area contributed by atoms with E-state index in [2.05, 4.69) is 11.4 Å². The predicted octanol–water partition coefficient (Wildman–Crippen LogP) is 3.01. The number of aryl methyl sites for hydroxylation is 1. The van der Waals surface area contributed by atoms with E-state index in [0.717, 1.165) is 16.9 Å². The van der Waals surface area contributed by atoms with Crippen molar-refractivity contribution in [2.24, 2.45) is 0 Å². The Balaban J connectivity index is 2.23. The maximum atomic E-state index is 11.4. The Kier molecular flexibility index (Phi) is 3.77. The molecule has 0 fully saturated rings. The smallest absolute Gasteiger partial charge is 0.175 e. The molecule has 102 valence electrons. The summed E-state index contributed by atoms with van der Waals surface area (Å²) in [5.74, 6) is 0. The van der Waals surface area contributed by atoms with Gasteiger partial charge in [-0.2, -0.15) is 5.26 Å². The van der Waals surface area contributed by atoms with Crippen LogP contribution in [0.15, 0.2) is 47.4 Å². The van der Waals surface area contributed by atoms with Crippen LogP contribution in [-0.2, 0) is 9.84 Å². The van der Waals surface area contributed by atoms with E-state index in [1.54, 1.807) is 30.3 Å². The van der Waals surface area contributed by atoms with Crippen LogP contribution in [0.1, 0.15) is 11.1 Å². The molecule has 0 aliphatic carbocycles. The predicted molar refractivity (Wildman–Crippen MR) is 78.7 cm³/mol. The maximum Gasteiger partial charge on any atom is 0.175 e. The van der Waals surface area contributed by atoms with Crippen LogP contribution in [0, 0.1) is 18.3 Å². The Morgan fingerprint density at radius 2 is 1.65 bits per heavy atom. The number of hydrogen-bond donors (Lipinski definition) is 1. The molecule has 2 rings (SSSR count). The van der Waals surface area contributed by atoms with Gasteiger partial charge >= 0.3 is 0 Å². The van der Waals surface area contributed by atoms with E-state index >= 15 is 0 Å². The van der Waals surface area contributed by atoms with Crippen molar-refractivity contribution in [1.82, 2.24) is 0 Å². The van der Waals surface area contributed by atoms with Crippen molar-refractivity contribution in [3.8, 4) is 6.07 Å². The molecule has 0 heterocycles. The fourth-order valence-corrected chi connectivity index (χ4v) is 2.45. The number of nitrogens with one attached hydrogen (secondary N) is 1. The normalized spacial score (nSPS) is 10.8. The van der Waals surface area contributed by atoms with Gasteiger partial charge in [0, 0.05) is 17.6 Å². The first-order chi connectivity index (χ1) is 9.40. The van der Waals surface area contributed by atoms with Gasteiger partial charge in [0.25, 0.3) is 0 Å². The van der Waals surface area contributed by atoms with Gasteiger partial charge in [-0.15, -0.1) is 0 Å². The lowest BCUT2D eigenvalue weighted by atomic mass is 10.1. The fraction of sp³-hybridized carbons (Fsp3) is 0.133. The van der Waals surface area contributed by atoms with E-state index in [-0.39, 0.29) is 0 Å². The molecule has 0 radical (unpaired) electrons. The molecule has 0 aromatic heterocycles. The van der Waals surface area contributed by atoms with E-state index in [1.165, 1.54) is 6.26 Å². The highest BCUT2D eigenvalue weighted by Crippen LogP contribution is 2.21. The Morgan fingerprint density at radius 3 is 2.15 bits per heavy atom. The summed E-state index contributed by atoms with van der Waals surface area (Å²) in [5.41, 5.74) is 3.18. The van der Waals surface area contributed by atoms with E-state index in [1.807, 2.05) is 19.1 Å². The molecular formula is C15H14N2O2S. The highest BCUT2D eigenvalue weighted by atomic mass is 32.2. The van der Waals surface area contributed by atoms with Gasteiger partial charge in [0.1, 0.15) is 0 Å². The molecule has 0 saturated carbocycles. The van der Waals surface area contributed by atoms with E-state index in [4.69, 9.17) is 5.26 Å². The molecule has 0 aliphatic rings. The lowest BCUT2D eigenvalue weighted by molar-refractivity contribution is 0.602. The summed E-state index contributed by atoms with van der Waals surface area (Å²) in [7, 11) is -3.17. The van der Waals surface area contributed by atoms with E-state index < -0.39 is 9.84 Å². The molecule has 5 heteroatoms. The Morgan fingerprint density at radius 1 is 1.05 bits per heavy atom. The van der Waals surface area contributed by atoms with Gasteiger partial charge in [-0.1, -0.05) is 0 Å². The molecule has 1 N–H and O–H groups in total. The minimum atomic E-state index is -3.17. The van der Waals surface area contributed by atoms with Gasteiger partial charge in [0.15, 0.2) is 9.84 Å². The summed E-state index contributed by atoms with van der Waals surface area (Å²) in [4.78, 5) is 0.291. The number of sulfone groups is 1. The van der Waals surface area contributed by atoms with Crippen LogP contribution >= 0.6 is 0 Å². The van der Waals surface area contributed by atoms with Crippen LogP contribution < -0.4 is 5.32 Å². The molecule has 0 saturated heterocycles. The highest BCUT2D eigenvalue weighted by molar-refractivity contribution is 7.90. The third-order valence-electron chi connectivity index (χ3n) is 2.92. The number of benzene rings is 2. The lowest BCUT2D eigenvalue weighted by Crippen LogP contribution is -1.97. The van der Waals surface area contributed by atoms with Crippen LogP contribution in [-0.4, -0.2) is 14.7 Å². The van der Waals surface area contributed by atoms with Gasteiger partial charge in [0.05, 0.1) is 16.5 Å². The zero-order chi connectivity index (χ0) is 14.8. The number of hydrogen-bond acceptors (Lipinski definition) is 4. The zero-order valence-corrected chi connectivity index (χ0v) is 12.0. The monoisotopic (exact) mass is 286 g/mol. The van der Waals surface area contributed by atoms with Gasteiger partial charge < -0.3 is 5.32 Å². The average molecular weight is 286 g/mol. The fourth-order valence-electron chi connectivity index (χ4n) is 1.82. The number of nitriles is 1. The summed E-state index contributed by atoms with van der Waals surface area (Å²) < 4.78 is 22.7. The van der Waals surface area contributed by atoms with Crippen LogP contribution in [0.25, 0.3) is 0 Å². The Labute approximate surface area is 118 Å². The average Bonchev–Trinajstić information content (AvgIpc) is 2.38. The Hall–Kier alpha value is -2.32. The minimum Gasteiger partial charge on any atom is -0.356 e. The first-order valence-corrected chi connectivity index (χ1v) is 7.87. The molecule has 0 atom stereocenters. The van der Waals surface area contributed by atoms with Crippen LogP contribution in [0.4, 0.5) is 11.4 Å². The topological polar surface area (TPSA) is 70.0 Å². The largest absolute Gasteiger partial charge is 0.356 e. The van der Waals surface area contributed by atoms with Crippen LogP contribution in [0.2, 0.25) is 0 Å². The number of rotatable bonds is 3. The molecule has 2 aromatic rings. The maximum absolute atomic E-state index is 11.4. The van der Waals surface area contributed by atoms with Crippen LogP contribution in [0.5, 0.6) is 0 Å². The SMILES string of the molecule is Cc1cc(Nc2ccc(S(C)(=O)=O)cc2)ccc1C#N. The second kappa shape index (κ2) is 5.35. The van der Waals surface area contributed by atoms with Crippen molar-refractivity contribution in [2.75, 3.05) is 11.6 Å². The number of anilines is 2. The minimum absolute atomic E-state index is 0.291. The molecule has 20 heavy (non-hydrogen) atoms. The van der Waals surface area contributed by atoms with Gasteiger partial charge in [-0.25, -0.2) is 8.42 Å². The number of nitrogens with zero attached hydrogens (tertiary/aromatic N) is 1. The van der Waals surface area contributed by atoms with Gasteiger partial charge in [-0.3, -0.25) is 0 Å². The van der Waals surface area contributed by atoms with Crippen molar-refractivity contribution in [2.45, 2.75) is 11.8 Å². The molecule has 0 amide bonds. The van der Waals surface area contributed by atoms with Crippen molar-refractivity contribution >= 4 is 21.2 Å². The summed E-state index contributed by atoms with van der Waals surface area (Å²) >= 11 is 0. The Bertz CT molecular complexity index is 773. The molecule has 0 spiro atoms. The van der Waals surface area contributed by atoms with Crippen molar-refractivity contribution in [1.29, 1.82) is 5.26 Å². The summed E-state index contributed by atoms with van der Waals surface area (Å²) in [6.45, 7) is 1.87. The van der Waals surface area contributed by atoms with Crippen molar-refractivity contribution in [3.63, 3.8) is 0 Å². The third kappa shape index (κ3) is 3.16.